The van der Waals surface area contributed by atoms with Crippen LogP contribution >= 0.6 is 23.5 Å². The highest BCUT2D eigenvalue weighted by atomic mass is 32.2. The van der Waals surface area contributed by atoms with Gasteiger partial charge in [0.2, 0.25) is 0 Å². The predicted octanol–water partition coefficient (Wildman–Crippen LogP) is 7.79. The maximum absolute atomic E-state index is 14.2. The van der Waals surface area contributed by atoms with Crippen molar-refractivity contribution in [2.75, 3.05) is 12.0 Å². The summed E-state index contributed by atoms with van der Waals surface area (Å²) >= 11 is 3.28. The van der Waals surface area contributed by atoms with E-state index < -0.39 is 4.08 Å². The fraction of sp³-hybridized carbons (Fsp3) is 0.129. The number of rotatable bonds is 8. The molecule has 1 atom stereocenters. The Hall–Kier alpha value is -3.41. The number of thioether (sulfide) groups is 2. The van der Waals surface area contributed by atoms with E-state index in [9.17, 15) is 4.79 Å². The summed E-state index contributed by atoms with van der Waals surface area (Å²) < 4.78 is 4.60. The topological polar surface area (TPSA) is 29.5 Å². The molecule has 4 aromatic rings. The van der Waals surface area contributed by atoms with Crippen molar-refractivity contribution in [2.24, 2.45) is 0 Å². The first-order chi connectivity index (χ1) is 17.6. The van der Waals surface area contributed by atoms with Crippen LogP contribution in [0.25, 0.3) is 6.08 Å². The van der Waals surface area contributed by atoms with Crippen molar-refractivity contribution in [3.05, 3.63) is 126 Å². The van der Waals surface area contributed by atoms with E-state index in [0.717, 1.165) is 32.4 Å². The number of ether oxygens (including phenoxy) is 1. The average molecular weight is 510 g/mol. The molecule has 0 aliphatic carbocycles. The standard InChI is InChI=1S/C31H27NO2S2/c1-23(22-24-12-6-3-7-13-24)29-31(35-27-14-8-4-9-15-27,36-28-16-10-5-11-17-28)30(33)32(29)25-18-20-26(34-2)21-19-25/h3-22,29H,1-2H3/b23-22+. The number of anilines is 1. The van der Waals surface area contributed by atoms with E-state index in [1.165, 1.54) is 0 Å². The van der Waals surface area contributed by atoms with E-state index in [0.29, 0.717) is 0 Å². The Morgan fingerprint density at radius 3 is 1.78 bits per heavy atom. The number of carbonyl (C=O) groups excluding carboxylic acids is 1. The zero-order chi connectivity index (χ0) is 25.0. The number of hydrogen-bond donors (Lipinski definition) is 0. The van der Waals surface area contributed by atoms with Gasteiger partial charge in [-0.15, -0.1) is 0 Å². The van der Waals surface area contributed by atoms with E-state index in [1.807, 2.05) is 83.8 Å². The molecule has 5 rings (SSSR count). The molecule has 1 unspecified atom stereocenters. The molecular formula is C31H27NO2S2. The molecule has 0 spiro atoms. The first-order valence-corrected chi connectivity index (χ1v) is 13.4. The highest BCUT2D eigenvalue weighted by molar-refractivity contribution is 8.19. The molecule has 36 heavy (non-hydrogen) atoms. The van der Waals surface area contributed by atoms with Gasteiger partial charge < -0.3 is 9.64 Å². The monoisotopic (exact) mass is 509 g/mol. The largest absolute Gasteiger partial charge is 0.497 e. The third-order valence-corrected chi connectivity index (χ3v) is 9.05. The summed E-state index contributed by atoms with van der Waals surface area (Å²) in [5.41, 5.74) is 3.11. The van der Waals surface area contributed by atoms with Crippen molar-refractivity contribution in [2.45, 2.75) is 26.8 Å². The van der Waals surface area contributed by atoms with Gasteiger partial charge in [0.15, 0.2) is 4.08 Å². The summed E-state index contributed by atoms with van der Waals surface area (Å²) in [6.45, 7) is 2.13. The van der Waals surface area contributed by atoms with Gasteiger partial charge >= 0.3 is 0 Å². The van der Waals surface area contributed by atoms with E-state index in [2.05, 4.69) is 49.4 Å². The lowest BCUT2D eigenvalue weighted by molar-refractivity contribution is -0.123. The number of amides is 1. The molecule has 4 aromatic carbocycles. The van der Waals surface area contributed by atoms with Crippen LogP contribution in [0.5, 0.6) is 5.75 Å². The van der Waals surface area contributed by atoms with Gasteiger partial charge in [-0.1, -0.05) is 96.3 Å². The molecular weight excluding hydrogens is 482 g/mol. The lowest BCUT2D eigenvalue weighted by Gasteiger charge is -2.55. The molecule has 0 bridgehead atoms. The van der Waals surface area contributed by atoms with Crippen molar-refractivity contribution in [3.8, 4) is 5.75 Å². The van der Waals surface area contributed by atoms with Crippen LogP contribution in [0.3, 0.4) is 0 Å². The highest BCUT2D eigenvalue weighted by Crippen LogP contribution is 2.59. The van der Waals surface area contributed by atoms with Gasteiger partial charge in [-0.2, -0.15) is 0 Å². The van der Waals surface area contributed by atoms with Crippen LogP contribution in [0.15, 0.2) is 131 Å². The molecule has 1 saturated heterocycles. The SMILES string of the molecule is COc1ccc(N2C(=O)C(Sc3ccccc3)(Sc3ccccc3)C2/C(C)=C/c2ccccc2)cc1. The molecule has 0 saturated carbocycles. The molecule has 1 aliphatic rings. The predicted molar refractivity (Wildman–Crippen MR) is 152 cm³/mol. The van der Waals surface area contributed by atoms with Crippen molar-refractivity contribution in [3.63, 3.8) is 0 Å². The summed E-state index contributed by atoms with van der Waals surface area (Å²) in [6.07, 6.45) is 2.19. The number of carbonyl (C=O) groups is 1. The Bertz CT molecular complexity index is 1300. The molecule has 1 amide bonds. The van der Waals surface area contributed by atoms with Crippen molar-refractivity contribution in [1.82, 2.24) is 0 Å². The smallest absolute Gasteiger partial charge is 0.257 e. The van der Waals surface area contributed by atoms with Gasteiger partial charge in [-0.25, -0.2) is 0 Å². The number of benzene rings is 4. The van der Waals surface area contributed by atoms with Crippen LogP contribution in [0.2, 0.25) is 0 Å². The van der Waals surface area contributed by atoms with Gasteiger partial charge in [-0.3, -0.25) is 4.79 Å². The number of nitrogens with zero attached hydrogens (tertiary/aromatic N) is 1. The minimum absolute atomic E-state index is 0.0844. The summed E-state index contributed by atoms with van der Waals surface area (Å²) in [4.78, 5) is 18.3. The van der Waals surface area contributed by atoms with Gasteiger partial charge in [0, 0.05) is 15.5 Å². The fourth-order valence-corrected chi connectivity index (χ4v) is 7.66. The fourth-order valence-electron chi connectivity index (χ4n) is 4.46. The Kier molecular flexibility index (Phi) is 7.21. The minimum Gasteiger partial charge on any atom is -0.497 e. The van der Waals surface area contributed by atoms with E-state index in [4.69, 9.17) is 4.74 Å². The summed E-state index contributed by atoms with van der Waals surface area (Å²) in [7, 11) is 1.65. The van der Waals surface area contributed by atoms with E-state index >= 15 is 0 Å². The lowest BCUT2D eigenvalue weighted by atomic mass is 9.90. The first-order valence-electron chi connectivity index (χ1n) is 11.8. The number of methoxy groups -OCH3 is 1. The molecule has 1 fully saturated rings. The van der Waals surface area contributed by atoms with Crippen LogP contribution in [0.1, 0.15) is 12.5 Å². The second-order valence-corrected chi connectivity index (χ2v) is 11.5. The van der Waals surface area contributed by atoms with Crippen LogP contribution in [-0.4, -0.2) is 23.1 Å². The van der Waals surface area contributed by atoms with E-state index in [-0.39, 0.29) is 11.9 Å². The molecule has 0 N–H and O–H groups in total. The third-order valence-electron chi connectivity index (χ3n) is 6.14. The molecule has 0 radical (unpaired) electrons. The van der Waals surface area contributed by atoms with Gasteiger partial charge in [0.05, 0.1) is 13.2 Å². The van der Waals surface area contributed by atoms with Gasteiger partial charge in [0.1, 0.15) is 5.75 Å². The summed E-state index contributed by atoms with van der Waals surface area (Å²) in [5, 5.41) is 0. The average Bonchev–Trinajstić information content (AvgIpc) is 2.92. The van der Waals surface area contributed by atoms with Crippen LogP contribution in [0, 0.1) is 0 Å². The second-order valence-electron chi connectivity index (χ2n) is 8.57. The Morgan fingerprint density at radius 1 is 0.778 bits per heavy atom. The molecule has 3 nitrogen and oxygen atoms in total. The van der Waals surface area contributed by atoms with Crippen LogP contribution in [-0.2, 0) is 4.79 Å². The van der Waals surface area contributed by atoms with Crippen LogP contribution < -0.4 is 9.64 Å². The highest BCUT2D eigenvalue weighted by Gasteiger charge is 2.63. The maximum atomic E-state index is 14.2. The van der Waals surface area contributed by atoms with Crippen molar-refractivity contribution >= 4 is 41.2 Å². The summed E-state index contributed by atoms with van der Waals surface area (Å²) in [6, 6.07) is 38.3. The molecule has 5 heteroatoms. The Labute approximate surface area is 221 Å². The maximum Gasteiger partial charge on any atom is 0.257 e. The lowest BCUT2D eigenvalue weighted by Crippen LogP contribution is -2.71. The molecule has 180 valence electrons. The molecule has 1 heterocycles. The first kappa shape index (κ1) is 24.3. The minimum atomic E-state index is -0.752. The van der Waals surface area contributed by atoms with Crippen molar-refractivity contribution < 1.29 is 9.53 Å². The zero-order valence-corrected chi connectivity index (χ0v) is 21.8. The van der Waals surface area contributed by atoms with Crippen LogP contribution in [0.4, 0.5) is 5.69 Å². The Morgan fingerprint density at radius 2 is 1.28 bits per heavy atom. The van der Waals surface area contributed by atoms with Gasteiger partial charge in [-0.05, 0) is 66.6 Å². The van der Waals surface area contributed by atoms with Gasteiger partial charge in [0.25, 0.3) is 5.91 Å². The number of hydrogen-bond acceptors (Lipinski definition) is 4. The second kappa shape index (κ2) is 10.7. The molecule has 0 aromatic heterocycles. The van der Waals surface area contributed by atoms with Crippen molar-refractivity contribution in [1.29, 1.82) is 0 Å². The van der Waals surface area contributed by atoms with E-state index in [1.54, 1.807) is 30.6 Å². The zero-order valence-electron chi connectivity index (χ0n) is 20.2. The quantitative estimate of drug-likeness (QED) is 0.179. The normalized spacial score (nSPS) is 16.9. The third kappa shape index (κ3) is 4.81. The summed E-state index contributed by atoms with van der Waals surface area (Å²) in [5.74, 6) is 0.851. The molecule has 1 aliphatic heterocycles. The Balaban J connectivity index is 1.63. The number of β-lactam (4-membered cyclic amide) rings is 1.